The number of ether oxygens (including phenoxy) is 2. The van der Waals surface area contributed by atoms with E-state index in [9.17, 15) is 4.79 Å². The van der Waals surface area contributed by atoms with E-state index in [1.807, 2.05) is 85.8 Å². The van der Waals surface area contributed by atoms with Crippen molar-refractivity contribution in [2.75, 3.05) is 17.7 Å². The summed E-state index contributed by atoms with van der Waals surface area (Å²) in [6.45, 7) is 2.23. The SMILES string of the molecule is COc1ccc(C2C(C(=O)Nc3cccnc3)=C(C)Nc3nc(-c4ccccc4)nn32)cc1OCc1ccccc1. The number of aromatic nitrogens is 4. The van der Waals surface area contributed by atoms with Gasteiger partial charge in [0.05, 0.1) is 24.6 Å². The number of hydrogen-bond donors (Lipinski definition) is 2. The zero-order valence-corrected chi connectivity index (χ0v) is 22.6. The number of nitrogens with zero attached hydrogens (tertiary/aromatic N) is 4. The van der Waals surface area contributed by atoms with Crippen molar-refractivity contribution in [3.63, 3.8) is 0 Å². The molecule has 0 spiro atoms. The second kappa shape index (κ2) is 11.4. The lowest BCUT2D eigenvalue weighted by atomic mass is 9.94. The van der Waals surface area contributed by atoms with Gasteiger partial charge in [0, 0.05) is 17.5 Å². The average Bonchev–Trinajstić information content (AvgIpc) is 3.44. The number of nitrogens with one attached hydrogen (secondary N) is 2. The van der Waals surface area contributed by atoms with Gasteiger partial charge >= 0.3 is 0 Å². The van der Waals surface area contributed by atoms with E-state index in [0.29, 0.717) is 46.8 Å². The largest absolute Gasteiger partial charge is 0.493 e. The lowest BCUT2D eigenvalue weighted by Gasteiger charge is -2.29. The van der Waals surface area contributed by atoms with Gasteiger partial charge in [-0.25, -0.2) is 4.68 Å². The van der Waals surface area contributed by atoms with Crippen molar-refractivity contribution < 1.29 is 14.3 Å². The molecule has 1 unspecified atom stereocenters. The molecule has 0 saturated carbocycles. The van der Waals surface area contributed by atoms with Crippen molar-refractivity contribution in [2.24, 2.45) is 0 Å². The molecular weight excluding hydrogens is 516 g/mol. The second-order valence-corrected chi connectivity index (χ2v) is 9.52. The molecular formula is C32H28N6O3. The number of carbonyl (C=O) groups is 1. The highest BCUT2D eigenvalue weighted by Gasteiger charge is 2.35. The standard InChI is InChI=1S/C32H28N6O3/c1-21-28(31(39)35-25-14-9-17-33-19-25)29(38-32(34-21)36-30(37-38)23-12-7-4-8-13-23)24-15-16-26(40-2)27(18-24)41-20-22-10-5-3-6-11-22/h3-19,29H,20H2,1-2H3,(H,35,39)(H,34,36,37). The molecule has 5 aromatic rings. The van der Waals surface area contributed by atoms with Crippen molar-refractivity contribution >= 4 is 17.5 Å². The number of amides is 1. The number of hydrogen-bond acceptors (Lipinski definition) is 7. The quantitative estimate of drug-likeness (QED) is 0.252. The Morgan fingerprint density at radius 3 is 2.49 bits per heavy atom. The first-order valence-corrected chi connectivity index (χ1v) is 13.2. The van der Waals surface area contributed by atoms with Crippen LogP contribution >= 0.6 is 0 Å². The van der Waals surface area contributed by atoms with Crippen LogP contribution in [0.3, 0.4) is 0 Å². The molecule has 0 saturated heterocycles. The maximum absolute atomic E-state index is 13.8. The molecule has 2 N–H and O–H groups in total. The van der Waals surface area contributed by atoms with Crippen LogP contribution in [-0.2, 0) is 11.4 Å². The summed E-state index contributed by atoms with van der Waals surface area (Å²) >= 11 is 0. The minimum atomic E-state index is -0.599. The van der Waals surface area contributed by atoms with Gasteiger partial charge in [-0.05, 0) is 42.3 Å². The van der Waals surface area contributed by atoms with Crippen molar-refractivity contribution in [3.8, 4) is 22.9 Å². The molecule has 9 nitrogen and oxygen atoms in total. The molecule has 3 aromatic carbocycles. The number of anilines is 2. The summed E-state index contributed by atoms with van der Waals surface area (Å²) in [5.74, 6) is 1.95. The zero-order valence-electron chi connectivity index (χ0n) is 22.6. The normalized spacial score (nSPS) is 14.1. The Labute approximate surface area is 237 Å². The number of fused-ring (bicyclic) bond motifs is 1. The smallest absolute Gasteiger partial charge is 0.255 e. The van der Waals surface area contributed by atoms with Crippen molar-refractivity contribution in [1.82, 2.24) is 19.7 Å². The van der Waals surface area contributed by atoms with Crippen LogP contribution in [0.5, 0.6) is 11.5 Å². The van der Waals surface area contributed by atoms with Crippen LogP contribution in [-0.4, -0.2) is 32.8 Å². The Kier molecular flexibility index (Phi) is 7.15. The Morgan fingerprint density at radius 1 is 0.976 bits per heavy atom. The fourth-order valence-electron chi connectivity index (χ4n) is 4.81. The van der Waals surface area contributed by atoms with Gasteiger partial charge in [-0.15, -0.1) is 5.10 Å². The maximum Gasteiger partial charge on any atom is 0.255 e. The van der Waals surface area contributed by atoms with Crippen molar-refractivity contribution in [1.29, 1.82) is 0 Å². The minimum absolute atomic E-state index is 0.280. The molecule has 0 fully saturated rings. The number of carbonyl (C=O) groups excluding carboxylic acids is 1. The Hall–Kier alpha value is -5.44. The average molecular weight is 545 g/mol. The molecule has 3 heterocycles. The summed E-state index contributed by atoms with van der Waals surface area (Å²) in [7, 11) is 1.60. The fourth-order valence-corrected chi connectivity index (χ4v) is 4.81. The van der Waals surface area contributed by atoms with Gasteiger partial charge in [-0.2, -0.15) is 4.98 Å². The summed E-state index contributed by atoms with van der Waals surface area (Å²) in [6.07, 6.45) is 3.27. The molecule has 0 aliphatic carbocycles. The third-order valence-corrected chi connectivity index (χ3v) is 6.79. The first kappa shape index (κ1) is 25.8. The summed E-state index contributed by atoms with van der Waals surface area (Å²) < 4.78 is 13.6. The van der Waals surface area contributed by atoms with E-state index in [1.165, 1.54) is 0 Å². The van der Waals surface area contributed by atoms with Gasteiger partial charge < -0.3 is 20.1 Å². The molecule has 1 atom stereocenters. The van der Waals surface area contributed by atoms with Gasteiger partial charge in [0.2, 0.25) is 5.95 Å². The zero-order chi connectivity index (χ0) is 28.2. The van der Waals surface area contributed by atoms with Gasteiger partial charge in [0.25, 0.3) is 5.91 Å². The van der Waals surface area contributed by atoms with Crippen LogP contribution in [0.1, 0.15) is 24.1 Å². The number of benzene rings is 3. The first-order valence-electron chi connectivity index (χ1n) is 13.2. The van der Waals surface area contributed by atoms with Crippen LogP contribution in [0.4, 0.5) is 11.6 Å². The molecule has 1 amide bonds. The highest BCUT2D eigenvalue weighted by molar-refractivity contribution is 6.06. The number of allylic oxidation sites excluding steroid dienone is 1. The number of methoxy groups -OCH3 is 1. The second-order valence-electron chi connectivity index (χ2n) is 9.52. The van der Waals surface area contributed by atoms with E-state index in [0.717, 1.165) is 16.7 Å². The molecule has 41 heavy (non-hydrogen) atoms. The molecule has 2 aromatic heterocycles. The van der Waals surface area contributed by atoms with E-state index in [-0.39, 0.29) is 5.91 Å². The van der Waals surface area contributed by atoms with Gasteiger partial charge in [0.15, 0.2) is 17.3 Å². The molecule has 0 radical (unpaired) electrons. The van der Waals surface area contributed by atoms with Crippen LogP contribution in [0.2, 0.25) is 0 Å². The predicted octanol–water partition coefficient (Wildman–Crippen LogP) is 5.86. The molecule has 9 heteroatoms. The lowest BCUT2D eigenvalue weighted by molar-refractivity contribution is -0.113. The molecule has 1 aliphatic rings. The van der Waals surface area contributed by atoms with Gasteiger partial charge in [-0.1, -0.05) is 66.7 Å². The van der Waals surface area contributed by atoms with Crippen LogP contribution in [0, 0.1) is 0 Å². The Morgan fingerprint density at radius 2 is 1.76 bits per heavy atom. The van der Waals surface area contributed by atoms with Crippen molar-refractivity contribution in [2.45, 2.75) is 19.6 Å². The van der Waals surface area contributed by atoms with Gasteiger partial charge in [0.1, 0.15) is 12.6 Å². The fraction of sp³-hybridized carbons (Fsp3) is 0.125. The van der Waals surface area contributed by atoms with Crippen LogP contribution in [0.25, 0.3) is 11.4 Å². The maximum atomic E-state index is 13.8. The third kappa shape index (κ3) is 5.38. The van der Waals surface area contributed by atoms with E-state index in [1.54, 1.807) is 36.3 Å². The first-order chi connectivity index (χ1) is 20.1. The molecule has 6 rings (SSSR count). The predicted molar refractivity (Wildman–Crippen MR) is 157 cm³/mol. The number of rotatable bonds is 8. The third-order valence-electron chi connectivity index (χ3n) is 6.79. The summed E-state index contributed by atoms with van der Waals surface area (Å²) in [5.41, 5.74) is 4.43. The monoisotopic (exact) mass is 544 g/mol. The minimum Gasteiger partial charge on any atom is -0.493 e. The summed E-state index contributed by atoms with van der Waals surface area (Å²) in [5, 5.41) is 11.1. The highest BCUT2D eigenvalue weighted by Crippen LogP contribution is 2.40. The van der Waals surface area contributed by atoms with E-state index in [2.05, 4.69) is 15.6 Å². The van der Waals surface area contributed by atoms with E-state index >= 15 is 0 Å². The highest BCUT2D eigenvalue weighted by atomic mass is 16.5. The molecule has 0 bridgehead atoms. The molecule has 1 aliphatic heterocycles. The summed E-state index contributed by atoms with van der Waals surface area (Å²) in [4.78, 5) is 22.7. The van der Waals surface area contributed by atoms with Gasteiger partial charge in [-0.3, -0.25) is 9.78 Å². The Bertz CT molecular complexity index is 1700. The summed E-state index contributed by atoms with van der Waals surface area (Å²) in [6, 6.07) is 28.3. The van der Waals surface area contributed by atoms with Crippen molar-refractivity contribution in [3.05, 3.63) is 126 Å². The van der Waals surface area contributed by atoms with E-state index < -0.39 is 6.04 Å². The topological polar surface area (TPSA) is 103 Å². The Balaban J connectivity index is 1.43. The molecule has 204 valence electrons. The number of pyridine rings is 1. The van der Waals surface area contributed by atoms with E-state index in [4.69, 9.17) is 19.6 Å². The lowest BCUT2D eigenvalue weighted by Crippen LogP contribution is -2.31. The van der Waals surface area contributed by atoms with Crippen LogP contribution in [0.15, 0.2) is 115 Å². The van der Waals surface area contributed by atoms with Crippen LogP contribution < -0.4 is 20.1 Å².